The minimum absolute atomic E-state index is 0.00689. The van der Waals surface area contributed by atoms with E-state index < -0.39 is 10.0 Å². The molecule has 0 atom stereocenters. The highest BCUT2D eigenvalue weighted by Gasteiger charge is 2.22. The van der Waals surface area contributed by atoms with E-state index in [0.717, 1.165) is 51.6 Å². The Morgan fingerprint density at radius 1 is 0.963 bits per heavy atom. The summed E-state index contributed by atoms with van der Waals surface area (Å²) in [5, 5.41) is 0. The Balaban J connectivity index is 1.52. The van der Waals surface area contributed by atoms with Gasteiger partial charge in [-0.3, -0.25) is 4.79 Å². The van der Waals surface area contributed by atoms with E-state index >= 15 is 0 Å². The van der Waals surface area contributed by atoms with Crippen LogP contribution >= 0.6 is 0 Å². The molecule has 1 aliphatic heterocycles. The number of nitrogens with one attached hydrogen (secondary N) is 1. The Labute approximate surface area is 162 Å². The summed E-state index contributed by atoms with van der Waals surface area (Å²) in [6, 6.07) is 6.34. The van der Waals surface area contributed by atoms with Crippen molar-refractivity contribution in [1.29, 1.82) is 0 Å². The van der Waals surface area contributed by atoms with E-state index in [9.17, 15) is 13.2 Å². The van der Waals surface area contributed by atoms with Gasteiger partial charge in [-0.2, -0.15) is 0 Å². The van der Waals surface area contributed by atoms with Crippen molar-refractivity contribution in [2.24, 2.45) is 0 Å². The minimum Gasteiger partial charge on any atom is -0.484 e. The summed E-state index contributed by atoms with van der Waals surface area (Å²) in [6.07, 6.45) is 9.58. The van der Waals surface area contributed by atoms with Gasteiger partial charge in [0, 0.05) is 19.1 Å². The van der Waals surface area contributed by atoms with Crippen molar-refractivity contribution in [2.45, 2.75) is 68.7 Å². The molecule has 0 radical (unpaired) electrons. The van der Waals surface area contributed by atoms with Gasteiger partial charge in [-0.05, 0) is 49.9 Å². The second-order valence-corrected chi connectivity index (χ2v) is 9.23. The zero-order chi connectivity index (χ0) is 19.1. The first kappa shape index (κ1) is 20.1. The first-order chi connectivity index (χ1) is 13.0. The van der Waals surface area contributed by atoms with Crippen LogP contribution in [-0.4, -0.2) is 45.0 Å². The molecule has 1 aliphatic carbocycles. The first-order valence-electron chi connectivity index (χ1n) is 10.1. The number of likely N-dealkylation sites (tertiary alicyclic amines) is 1. The number of hydrogen-bond donors (Lipinski definition) is 1. The van der Waals surface area contributed by atoms with Gasteiger partial charge in [0.15, 0.2) is 6.61 Å². The Morgan fingerprint density at radius 2 is 1.56 bits per heavy atom. The predicted molar refractivity (Wildman–Crippen MR) is 104 cm³/mol. The number of ether oxygens (including phenoxy) is 1. The summed E-state index contributed by atoms with van der Waals surface area (Å²) in [5.74, 6) is 0.502. The topological polar surface area (TPSA) is 75.7 Å². The summed E-state index contributed by atoms with van der Waals surface area (Å²) in [7, 11) is -3.51. The molecule has 1 N–H and O–H groups in total. The molecule has 1 heterocycles. The standard InChI is InChI=1S/C20H30N2O4S/c23-20(22-14-6-1-2-7-15-22)16-26-18-10-12-19(13-11-18)27(24,25)21-17-8-4-3-5-9-17/h10-13,17,21H,1-9,14-16H2. The van der Waals surface area contributed by atoms with Crippen LogP contribution in [0.25, 0.3) is 0 Å². The van der Waals surface area contributed by atoms with E-state index in [-0.39, 0.29) is 23.5 Å². The molecule has 3 rings (SSSR count). The van der Waals surface area contributed by atoms with E-state index in [1.807, 2.05) is 4.90 Å². The molecule has 0 unspecified atom stereocenters. The summed E-state index contributed by atoms with van der Waals surface area (Å²) >= 11 is 0. The van der Waals surface area contributed by atoms with Crippen molar-refractivity contribution in [2.75, 3.05) is 19.7 Å². The lowest BCUT2D eigenvalue weighted by molar-refractivity contribution is -0.133. The van der Waals surface area contributed by atoms with Crippen molar-refractivity contribution < 1.29 is 17.9 Å². The fourth-order valence-electron chi connectivity index (χ4n) is 3.78. The van der Waals surface area contributed by atoms with Crippen LogP contribution in [0.2, 0.25) is 0 Å². The van der Waals surface area contributed by atoms with Gasteiger partial charge in [-0.15, -0.1) is 0 Å². The van der Waals surface area contributed by atoms with Crippen molar-refractivity contribution in [3.05, 3.63) is 24.3 Å². The minimum atomic E-state index is -3.51. The molecule has 0 spiro atoms. The normalized spacial score (nSPS) is 19.5. The third-order valence-electron chi connectivity index (χ3n) is 5.38. The number of sulfonamides is 1. The lowest BCUT2D eigenvalue weighted by Crippen LogP contribution is -2.36. The molecule has 6 nitrogen and oxygen atoms in total. The van der Waals surface area contributed by atoms with Gasteiger partial charge in [0.25, 0.3) is 5.91 Å². The number of carbonyl (C=O) groups excluding carboxylic acids is 1. The molecule has 2 aliphatic rings. The molecule has 1 aromatic carbocycles. The van der Waals surface area contributed by atoms with E-state index in [0.29, 0.717) is 5.75 Å². The molecule has 1 amide bonds. The molecule has 7 heteroatoms. The molecule has 1 saturated heterocycles. The van der Waals surface area contributed by atoms with Crippen LogP contribution in [0.5, 0.6) is 5.75 Å². The van der Waals surface area contributed by atoms with E-state index in [1.165, 1.54) is 31.4 Å². The van der Waals surface area contributed by atoms with Gasteiger partial charge in [-0.25, -0.2) is 13.1 Å². The second kappa shape index (κ2) is 9.55. The van der Waals surface area contributed by atoms with Crippen LogP contribution in [0, 0.1) is 0 Å². The van der Waals surface area contributed by atoms with Crippen molar-refractivity contribution in [3.8, 4) is 5.75 Å². The molecule has 1 saturated carbocycles. The average molecular weight is 395 g/mol. The lowest BCUT2D eigenvalue weighted by atomic mass is 9.96. The average Bonchev–Trinajstić information content (AvgIpc) is 2.96. The summed E-state index contributed by atoms with van der Waals surface area (Å²) in [6.45, 7) is 1.59. The van der Waals surface area contributed by atoms with E-state index in [1.54, 1.807) is 12.1 Å². The zero-order valence-electron chi connectivity index (χ0n) is 15.9. The van der Waals surface area contributed by atoms with Gasteiger partial charge in [0.05, 0.1) is 4.90 Å². The molecule has 0 aromatic heterocycles. The highest BCUT2D eigenvalue weighted by atomic mass is 32.2. The third-order valence-corrected chi connectivity index (χ3v) is 6.92. The molecule has 0 bridgehead atoms. The Kier molecular flexibility index (Phi) is 7.13. The Bertz CT molecular complexity index is 704. The van der Waals surface area contributed by atoms with Crippen molar-refractivity contribution >= 4 is 15.9 Å². The molecule has 1 aromatic rings. The van der Waals surface area contributed by atoms with Crippen molar-refractivity contribution in [1.82, 2.24) is 9.62 Å². The predicted octanol–water partition coefficient (Wildman–Crippen LogP) is 3.08. The van der Waals surface area contributed by atoms with Crippen LogP contribution in [-0.2, 0) is 14.8 Å². The van der Waals surface area contributed by atoms with Crippen LogP contribution in [0.3, 0.4) is 0 Å². The smallest absolute Gasteiger partial charge is 0.260 e. The number of benzene rings is 1. The Morgan fingerprint density at radius 3 is 2.19 bits per heavy atom. The quantitative estimate of drug-likeness (QED) is 0.804. The maximum Gasteiger partial charge on any atom is 0.260 e. The van der Waals surface area contributed by atoms with Crippen molar-refractivity contribution in [3.63, 3.8) is 0 Å². The first-order valence-corrected chi connectivity index (χ1v) is 11.6. The SMILES string of the molecule is O=C(COc1ccc(S(=O)(=O)NC2CCCCC2)cc1)N1CCCCCC1. The third kappa shape index (κ3) is 5.94. The summed E-state index contributed by atoms with van der Waals surface area (Å²) < 4.78 is 33.4. The highest BCUT2D eigenvalue weighted by molar-refractivity contribution is 7.89. The van der Waals surface area contributed by atoms with Crippen LogP contribution in [0.4, 0.5) is 0 Å². The van der Waals surface area contributed by atoms with E-state index in [4.69, 9.17) is 4.74 Å². The summed E-state index contributed by atoms with van der Waals surface area (Å²) in [4.78, 5) is 14.4. The van der Waals surface area contributed by atoms with Crippen LogP contribution < -0.4 is 9.46 Å². The molecule has 150 valence electrons. The van der Waals surface area contributed by atoms with E-state index in [2.05, 4.69) is 4.72 Å². The molecular formula is C20H30N2O4S. The molecule has 2 fully saturated rings. The maximum atomic E-state index is 12.5. The lowest BCUT2D eigenvalue weighted by Gasteiger charge is -2.22. The highest BCUT2D eigenvalue weighted by Crippen LogP contribution is 2.21. The number of nitrogens with zero attached hydrogens (tertiary/aromatic N) is 1. The Hall–Kier alpha value is -1.60. The zero-order valence-corrected chi connectivity index (χ0v) is 16.7. The monoisotopic (exact) mass is 394 g/mol. The number of amides is 1. The van der Waals surface area contributed by atoms with Crippen LogP contribution in [0.1, 0.15) is 57.8 Å². The largest absolute Gasteiger partial charge is 0.484 e. The maximum absolute atomic E-state index is 12.5. The van der Waals surface area contributed by atoms with Gasteiger partial charge >= 0.3 is 0 Å². The summed E-state index contributed by atoms with van der Waals surface area (Å²) in [5.41, 5.74) is 0. The molecule has 27 heavy (non-hydrogen) atoms. The van der Waals surface area contributed by atoms with Gasteiger partial charge < -0.3 is 9.64 Å². The fourth-order valence-corrected chi connectivity index (χ4v) is 5.08. The second-order valence-electron chi connectivity index (χ2n) is 7.51. The fraction of sp³-hybridized carbons (Fsp3) is 0.650. The van der Waals surface area contributed by atoms with Gasteiger partial charge in [-0.1, -0.05) is 32.1 Å². The number of rotatable bonds is 6. The van der Waals surface area contributed by atoms with Gasteiger partial charge in [0.1, 0.15) is 5.75 Å². The van der Waals surface area contributed by atoms with Crippen LogP contribution in [0.15, 0.2) is 29.2 Å². The van der Waals surface area contributed by atoms with Gasteiger partial charge in [0.2, 0.25) is 10.0 Å². The number of hydrogen-bond acceptors (Lipinski definition) is 4. The molecular weight excluding hydrogens is 364 g/mol. The number of carbonyl (C=O) groups is 1.